The molecule has 2 N–H and O–H groups in total. The topological polar surface area (TPSA) is 52.3 Å². The van der Waals surface area contributed by atoms with Gasteiger partial charge < -0.3 is 10.5 Å². The van der Waals surface area contributed by atoms with Crippen molar-refractivity contribution in [2.45, 2.75) is 11.2 Å². The van der Waals surface area contributed by atoms with Gasteiger partial charge in [-0.15, -0.1) is 23.1 Å². The molecule has 0 radical (unpaired) electrons. The highest BCUT2D eigenvalue weighted by molar-refractivity contribution is 8.04. The Kier molecular flexibility index (Phi) is 5.47. The van der Waals surface area contributed by atoms with E-state index in [0.29, 0.717) is 0 Å². The summed E-state index contributed by atoms with van der Waals surface area (Å²) in [5.41, 5.74) is 6.18. The zero-order valence-corrected chi connectivity index (χ0v) is 13.3. The molecule has 3 nitrogen and oxygen atoms in total. The molecule has 0 saturated carbocycles. The minimum absolute atomic E-state index is 0.157. The number of methoxy groups -OCH3 is 1. The van der Waals surface area contributed by atoms with E-state index in [2.05, 4.69) is 0 Å². The van der Waals surface area contributed by atoms with Crippen molar-refractivity contribution in [3.63, 3.8) is 0 Å². The number of hydrogen-bond acceptors (Lipinski definition) is 5. The Bertz CT molecular complexity index is 586. The van der Waals surface area contributed by atoms with Gasteiger partial charge in [0.25, 0.3) is 0 Å². The number of thioether (sulfide) groups is 1. The molecule has 110 valence electrons. The smallest absolute Gasteiger partial charge is 0.328 e. The van der Waals surface area contributed by atoms with Gasteiger partial charge in [-0.2, -0.15) is 0 Å². The molecule has 1 aromatic heterocycles. The van der Waals surface area contributed by atoms with Crippen molar-refractivity contribution in [1.29, 1.82) is 0 Å². The van der Waals surface area contributed by atoms with Crippen LogP contribution in [0.25, 0.3) is 0 Å². The maximum atomic E-state index is 11.8. The first-order valence-electron chi connectivity index (χ1n) is 6.45. The molecule has 1 unspecified atom stereocenters. The van der Waals surface area contributed by atoms with E-state index in [1.165, 1.54) is 18.9 Å². The third-order valence-electron chi connectivity index (χ3n) is 3.00. The molecule has 1 aliphatic heterocycles. The summed E-state index contributed by atoms with van der Waals surface area (Å²) in [6.07, 6.45) is 2.74. The van der Waals surface area contributed by atoms with Gasteiger partial charge in [-0.3, -0.25) is 4.79 Å². The first-order valence-corrected chi connectivity index (χ1v) is 8.21. The van der Waals surface area contributed by atoms with E-state index in [4.69, 9.17) is 10.5 Å². The van der Waals surface area contributed by atoms with Crippen LogP contribution in [0, 0.1) is 0 Å². The van der Waals surface area contributed by atoms with Crippen LogP contribution in [-0.2, 0) is 14.3 Å². The molecule has 0 aliphatic carbocycles. The molecule has 0 amide bonds. The highest BCUT2D eigenvalue weighted by Crippen LogP contribution is 2.47. The number of ether oxygens (including phenoxy) is 1. The lowest BCUT2D eigenvalue weighted by atomic mass is 10.0. The van der Waals surface area contributed by atoms with E-state index in [1.54, 1.807) is 11.3 Å². The van der Waals surface area contributed by atoms with E-state index in [0.717, 1.165) is 17.0 Å². The number of nitrogen functional groups attached to an aromatic ring is 1. The van der Waals surface area contributed by atoms with Crippen LogP contribution in [0.2, 0.25) is 0 Å². The number of nitrogens with two attached hydrogens (primary N) is 1. The van der Waals surface area contributed by atoms with Gasteiger partial charge in [0.15, 0.2) is 4.75 Å². The van der Waals surface area contributed by atoms with Crippen LogP contribution >= 0.6 is 23.1 Å². The third-order valence-corrected chi connectivity index (χ3v) is 5.45. The SMILES string of the molecule is COC(=O)C1(c2cccs2)CC=CS1.Nc1ccccc1. The van der Waals surface area contributed by atoms with Gasteiger partial charge in [-0.1, -0.05) is 30.3 Å². The molecule has 2 heterocycles. The fraction of sp³-hybridized carbons (Fsp3) is 0.188. The van der Waals surface area contributed by atoms with Crippen molar-refractivity contribution >= 4 is 34.8 Å². The summed E-state index contributed by atoms with van der Waals surface area (Å²) in [5, 5.41) is 3.95. The number of allylic oxidation sites excluding steroid dienone is 1. The first kappa shape index (κ1) is 15.7. The standard InChI is InChI=1S/C10H10O2S2.C6H7N/c1-12-9(11)10(5-3-7-14-10)8-4-2-6-13-8;7-6-4-2-1-3-5-6/h2-4,6-7H,5H2,1H3;1-5H,7H2. The Morgan fingerprint density at radius 2 is 2.00 bits per heavy atom. The molecule has 0 spiro atoms. The summed E-state index contributed by atoms with van der Waals surface area (Å²) in [5.74, 6) is -0.157. The van der Waals surface area contributed by atoms with E-state index < -0.39 is 4.75 Å². The molecule has 5 heteroatoms. The zero-order valence-electron chi connectivity index (χ0n) is 11.7. The van der Waals surface area contributed by atoms with Crippen molar-refractivity contribution in [2.75, 3.05) is 12.8 Å². The number of hydrogen-bond donors (Lipinski definition) is 1. The van der Waals surface area contributed by atoms with Crippen LogP contribution in [0.15, 0.2) is 59.3 Å². The summed E-state index contributed by atoms with van der Waals surface area (Å²) in [4.78, 5) is 12.8. The fourth-order valence-corrected chi connectivity index (χ4v) is 4.03. The second-order valence-electron chi connectivity index (χ2n) is 4.40. The van der Waals surface area contributed by atoms with Crippen molar-refractivity contribution in [3.8, 4) is 0 Å². The van der Waals surface area contributed by atoms with Crippen LogP contribution in [-0.4, -0.2) is 13.1 Å². The number of para-hydroxylation sites is 1. The summed E-state index contributed by atoms with van der Waals surface area (Å²) < 4.78 is 4.36. The monoisotopic (exact) mass is 319 g/mol. The zero-order chi connectivity index (χ0) is 15.1. The predicted octanol–water partition coefficient (Wildman–Crippen LogP) is 4.04. The van der Waals surface area contributed by atoms with Gasteiger partial charge in [-0.25, -0.2) is 0 Å². The molecule has 1 aliphatic rings. The average Bonchev–Trinajstić information content (AvgIpc) is 3.19. The van der Waals surface area contributed by atoms with Crippen LogP contribution in [0.4, 0.5) is 5.69 Å². The van der Waals surface area contributed by atoms with Crippen molar-refractivity contribution in [2.24, 2.45) is 0 Å². The van der Waals surface area contributed by atoms with E-state index in [1.807, 2.05) is 59.3 Å². The number of rotatable bonds is 2. The third kappa shape index (κ3) is 3.68. The van der Waals surface area contributed by atoms with Gasteiger partial charge in [-0.05, 0) is 35.4 Å². The van der Waals surface area contributed by atoms with Crippen LogP contribution in [0.1, 0.15) is 11.3 Å². The Labute approximate surface area is 132 Å². The first-order chi connectivity index (χ1) is 10.2. The molecular formula is C16H17NO2S2. The molecule has 0 bridgehead atoms. The Morgan fingerprint density at radius 3 is 2.43 bits per heavy atom. The minimum atomic E-state index is -0.511. The average molecular weight is 319 g/mol. The van der Waals surface area contributed by atoms with Gasteiger partial charge in [0.1, 0.15) is 0 Å². The predicted molar refractivity (Wildman–Crippen MR) is 90.2 cm³/mol. The number of carbonyl (C=O) groups is 1. The van der Waals surface area contributed by atoms with Gasteiger partial charge >= 0.3 is 5.97 Å². The Morgan fingerprint density at radius 1 is 1.24 bits per heavy atom. The molecule has 3 rings (SSSR count). The molecule has 1 atom stereocenters. The molecule has 0 fully saturated rings. The molecule has 21 heavy (non-hydrogen) atoms. The second kappa shape index (κ2) is 7.33. The number of esters is 1. The lowest BCUT2D eigenvalue weighted by Gasteiger charge is -2.23. The van der Waals surface area contributed by atoms with Crippen LogP contribution in [0.3, 0.4) is 0 Å². The fourth-order valence-electron chi connectivity index (χ4n) is 1.94. The highest BCUT2D eigenvalue weighted by atomic mass is 32.2. The van der Waals surface area contributed by atoms with Crippen molar-refractivity contribution in [3.05, 3.63) is 64.2 Å². The molecule has 0 saturated heterocycles. The van der Waals surface area contributed by atoms with Gasteiger partial charge in [0, 0.05) is 10.6 Å². The molecule has 2 aromatic rings. The van der Waals surface area contributed by atoms with E-state index in [9.17, 15) is 4.79 Å². The Balaban J connectivity index is 0.000000194. The quantitative estimate of drug-likeness (QED) is 0.670. The van der Waals surface area contributed by atoms with E-state index >= 15 is 0 Å². The molecular weight excluding hydrogens is 302 g/mol. The Hall–Kier alpha value is -1.72. The van der Waals surface area contributed by atoms with Gasteiger partial charge in [0.05, 0.1) is 7.11 Å². The van der Waals surface area contributed by atoms with Crippen LogP contribution in [0.5, 0.6) is 0 Å². The van der Waals surface area contributed by atoms with Crippen molar-refractivity contribution in [1.82, 2.24) is 0 Å². The number of thiophene rings is 1. The van der Waals surface area contributed by atoms with E-state index in [-0.39, 0.29) is 5.97 Å². The van der Waals surface area contributed by atoms with Crippen molar-refractivity contribution < 1.29 is 9.53 Å². The number of carbonyl (C=O) groups excluding carboxylic acids is 1. The highest BCUT2D eigenvalue weighted by Gasteiger charge is 2.43. The van der Waals surface area contributed by atoms with Gasteiger partial charge in [0.2, 0.25) is 0 Å². The summed E-state index contributed by atoms with van der Waals surface area (Å²) >= 11 is 3.14. The number of anilines is 1. The minimum Gasteiger partial charge on any atom is -0.468 e. The maximum absolute atomic E-state index is 11.8. The lowest BCUT2D eigenvalue weighted by Crippen LogP contribution is -2.30. The normalized spacial score (nSPS) is 19.7. The summed E-state index contributed by atoms with van der Waals surface area (Å²) in [7, 11) is 1.44. The number of benzene rings is 1. The summed E-state index contributed by atoms with van der Waals surface area (Å²) in [6, 6.07) is 13.4. The second-order valence-corrected chi connectivity index (χ2v) is 6.55. The lowest BCUT2D eigenvalue weighted by molar-refractivity contribution is -0.143. The molecule has 1 aromatic carbocycles. The summed E-state index contributed by atoms with van der Waals surface area (Å²) in [6.45, 7) is 0. The largest absolute Gasteiger partial charge is 0.468 e. The maximum Gasteiger partial charge on any atom is 0.328 e. The van der Waals surface area contributed by atoms with Crippen LogP contribution < -0.4 is 5.73 Å².